The highest BCUT2D eigenvalue weighted by atomic mass is 16.3. The molecule has 62 valence electrons. The Morgan fingerprint density at radius 2 is 2.00 bits per heavy atom. The minimum absolute atomic E-state index is 0.230. The van der Waals surface area contributed by atoms with Crippen LogP contribution < -0.4 is 0 Å². The van der Waals surface area contributed by atoms with Gasteiger partial charge in [-0.2, -0.15) is 0 Å². The fourth-order valence-corrected chi connectivity index (χ4v) is 0.840. The molecule has 0 saturated heterocycles. The van der Waals surface area contributed by atoms with Gasteiger partial charge >= 0.3 is 0 Å². The molecule has 1 nitrogen and oxygen atoms in total. The molecule has 0 heterocycles. The predicted molar refractivity (Wildman–Crippen MR) is 49.1 cm³/mol. The molecule has 0 aliphatic heterocycles. The molecule has 1 N–H and O–H groups in total. The lowest BCUT2D eigenvalue weighted by atomic mass is 9.84. The maximum absolute atomic E-state index is 9.59. The van der Waals surface area contributed by atoms with E-state index in [1.54, 1.807) is 12.2 Å². The lowest BCUT2D eigenvalue weighted by Crippen LogP contribution is -2.27. The zero-order chi connectivity index (χ0) is 9.03. The van der Waals surface area contributed by atoms with Crippen LogP contribution in [0.15, 0.2) is 12.2 Å². The third-order valence-corrected chi connectivity index (χ3v) is 1.86. The van der Waals surface area contributed by atoms with Gasteiger partial charge in [0.2, 0.25) is 0 Å². The van der Waals surface area contributed by atoms with E-state index in [2.05, 4.69) is 23.7 Å². The Bertz CT molecular complexity index is 301. The highest BCUT2D eigenvalue weighted by molar-refractivity contribution is 5.28. The summed E-state index contributed by atoms with van der Waals surface area (Å²) in [7, 11) is 0. The van der Waals surface area contributed by atoms with Crippen LogP contribution in [-0.4, -0.2) is 11.2 Å². The molecule has 0 radical (unpaired) electrons. The Morgan fingerprint density at radius 1 is 1.33 bits per heavy atom. The fraction of sp³-hybridized carbons (Fsp3) is 0.455. The summed E-state index contributed by atoms with van der Waals surface area (Å²) in [5.41, 5.74) is -0.230. The molecule has 0 spiro atoms. The zero-order valence-electron chi connectivity index (χ0n) is 7.39. The summed E-state index contributed by atoms with van der Waals surface area (Å²) in [5, 5.41) is 9.59. The van der Waals surface area contributed by atoms with Crippen LogP contribution in [0.4, 0.5) is 0 Å². The second-order valence-corrected chi connectivity index (χ2v) is 3.51. The van der Waals surface area contributed by atoms with E-state index in [1.807, 2.05) is 13.8 Å². The topological polar surface area (TPSA) is 20.2 Å². The van der Waals surface area contributed by atoms with Gasteiger partial charge in [-0.25, -0.2) is 0 Å². The number of hydrogen-bond donors (Lipinski definition) is 1. The third-order valence-electron chi connectivity index (χ3n) is 1.86. The summed E-state index contributed by atoms with van der Waals surface area (Å²) in [4.78, 5) is 0. The van der Waals surface area contributed by atoms with Crippen LogP contribution in [0.25, 0.3) is 0 Å². The Kier molecular flexibility index (Phi) is 2.58. The number of rotatable bonds is 0. The van der Waals surface area contributed by atoms with Gasteiger partial charge in [0.25, 0.3) is 0 Å². The predicted octanol–water partition coefficient (Wildman–Crippen LogP) is 1.34. The smallest absolute Gasteiger partial charge is 0.121 e. The molecular weight excluding hydrogens is 148 g/mol. The van der Waals surface area contributed by atoms with Crippen molar-refractivity contribution in [1.29, 1.82) is 0 Å². The summed E-state index contributed by atoms with van der Waals surface area (Å²) in [6.07, 6.45) is 3.46. The van der Waals surface area contributed by atoms with Crippen LogP contribution in [0.3, 0.4) is 0 Å². The zero-order valence-corrected chi connectivity index (χ0v) is 7.39. The molecule has 0 bridgehead atoms. The maximum Gasteiger partial charge on any atom is 0.121 e. The van der Waals surface area contributed by atoms with Gasteiger partial charge in [-0.15, -0.1) is 0 Å². The van der Waals surface area contributed by atoms with Crippen LogP contribution in [0, 0.1) is 29.1 Å². The largest absolute Gasteiger partial charge is 0.380 e. The van der Waals surface area contributed by atoms with Crippen LogP contribution in [-0.2, 0) is 0 Å². The van der Waals surface area contributed by atoms with Gasteiger partial charge in [0.05, 0.1) is 0 Å². The third kappa shape index (κ3) is 2.16. The van der Waals surface area contributed by atoms with Gasteiger partial charge in [-0.05, 0) is 12.2 Å². The van der Waals surface area contributed by atoms with E-state index in [1.165, 1.54) is 0 Å². The maximum atomic E-state index is 9.59. The van der Waals surface area contributed by atoms with Crippen molar-refractivity contribution in [3.05, 3.63) is 12.2 Å². The van der Waals surface area contributed by atoms with Gasteiger partial charge in [-0.3, -0.25) is 0 Å². The number of aliphatic hydroxyl groups is 1. The molecule has 12 heavy (non-hydrogen) atoms. The van der Waals surface area contributed by atoms with E-state index in [0.29, 0.717) is 6.42 Å². The van der Waals surface area contributed by atoms with Crippen molar-refractivity contribution >= 4 is 0 Å². The van der Waals surface area contributed by atoms with Crippen LogP contribution in [0.2, 0.25) is 0 Å². The Morgan fingerprint density at radius 3 is 2.75 bits per heavy atom. The molecule has 0 saturated carbocycles. The summed E-state index contributed by atoms with van der Waals surface area (Å²) in [5.74, 6) is 11.3. The van der Waals surface area contributed by atoms with Crippen molar-refractivity contribution < 1.29 is 5.11 Å². The second-order valence-electron chi connectivity index (χ2n) is 3.51. The van der Waals surface area contributed by atoms with Crippen molar-refractivity contribution in [2.45, 2.75) is 26.4 Å². The van der Waals surface area contributed by atoms with Crippen LogP contribution in [0.5, 0.6) is 0 Å². The minimum Gasteiger partial charge on any atom is -0.380 e. The fourth-order valence-electron chi connectivity index (χ4n) is 0.840. The molecule has 0 fully saturated rings. The quantitative estimate of drug-likeness (QED) is 0.530. The van der Waals surface area contributed by atoms with E-state index < -0.39 is 6.10 Å². The molecule has 1 atom stereocenters. The molecule has 0 aromatic carbocycles. The Balaban J connectivity index is 2.91. The van der Waals surface area contributed by atoms with Crippen molar-refractivity contribution in [3.63, 3.8) is 0 Å². The molecule has 1 unspecified atom stereocenters. The second kappa shape index (κ2) is 3.48. The van der Waals surface area contributed by atoms with Gasteiger partial charge in [0.1, 0.15) is 6.10 Å². The van der Waals surface area contributed by atoms with Gasteiger partial charge in [0.15, 0.2) is 0 Å². The summed E-state index contributed by atoms with van der Waals surface area (Å²) in [6.45, 7) is 3.93. The number of hydrogen-bond acceptors (Lipinski definition) is 1. The summed E-state index contributed by atoms with van der Waals surface area (Å²) in [6, 6.07) is 0. The van der Waals surface area contributed by atoms with Crippen molar-refractivity contribution in [2.24, 2.45) is 5.41 Å². The first-order chi connectivity index (χ1) is 5.63. The minimum atomic E-state index is -0.588. The highest BCUT2D eigenvalue weighted by Crippen LogP contribution is 2.24. The van der Waals surface area contributed by atoms with Gasteiger partial charge in [-0.1, -0.05) is 37.5 Å². The highest BCUT2D eigenvalue weighted by Gasteiger charge is 2.25. The standard InChI is InChI=1S/C11H12O/c1-11(2)9-7-5-3-4-6-8-10(11)12/h3-4,10,12H,9H2,1-2H3/b4-3-. The van der Waals surface area contributed by atoms with Gasteiger partial charge in [0, 0.05) is 11.8 Å². The molecule has 0 aromatic heterocycles. The van der Waals surface area contributed by atoms with E-state index in [9.17, 15) is 5.11 Å². The molecule has 1 aliphatic carbocycles. The SMILES string of the molecule is CC1(C)CC#C/C=C\C#CC1O. The first-order valence-electron chi connectivity index (χ1n) is 3.95. The number of allylic oxidation sites excluding steroid dienone is 2. The van der Waals surface area contributed by atoms with Gasteiger partial charge < -0.3 is 5.11 Å². The van der Waals surface area contributed by atoms with E-state index >= 15 is 0 Å². The first-order valence-corrected chi connectivity index (χ1v) is 3.95. The molecule has 0 amide bonds. The van der Waals surface area contributed by atoms with E-state index in [4.69, 9.17) is 0 Å². The Labute approximate surface area is 73.5 Å². The lowest BCUT2D eigenvalue weighted by molar-refractivity contribution is 0.103. The first kappa shape index (κ1) is 8.91. The normalized spacial score (nSPS) is 27.8. The summed E-state index contributed by atoms with van der Waals surface area (Å²) >= 11 is 0. The van der Waals surface area contributed by atoms with Crippen molar-refractivity contribution in [1.82, 2.24) is 0 Å². The average Bonchev–Trinajstić information content (AvgIpc) is 2.06. The lowest BCUT2D eigenvalue weighted by Gasteiger charge is -2.24. The van der Waals surface area contributed by atoms with E-state index in [-0.39, 0.29) is 5.41 Å². The molecule has 1 rings (SSSR count). The molecule has 0 aromatic rings. The average molecular weight is 160 g/mol. The monoisotopic (exact) mass is 160 g/mol. The molecular formula is C11H12O. The van der Waals surface area contributed by atoms with Crippen molar-refractivity contribution in [2.75, 3.05) is 0 Å². The van der Waals surface area contributed by atoms with E-state index in [0.717, 1.165) is 0 Å². The van der Waals surface area contributed by atoms with Crippen LogP contribution in [0.1, 0.15) is 20.3 Å². The Hall–Kier alpha value is -1.18. The van der Waals surface area contributed by atoms with Crippen molar-refractivity contribution in [3.8, 4) is 23.7 Å². The molecule has 1 aliphatic rings. The summed E-state index contributed by atoms with van der Waals surface area (Å²) < 4.78 is 0. The number of aliphatic hydroxyl groups excluding tert-OH is 1. The van der Waals surface area contributed by atoms with Crippen LogP contribution >= 0.6 is 0 Å². The molecule has 1 heteroatoms.